The van der Waals surface area contributed by atoms with Crippen LogP contribution in [0.2, 0.25) is 0 Å². The number of esters is 1. The number of rotatable bonds is 7. The number of aliphatic hydroxyl groups excluding tert-OH is 1. The Morgan fingerprint density at radius 2 is 2.23 bits per heavy atom. The summed E-state index contributed by atoms with van der Waals surface area (Å²) in [6, 6.07) is 7.55. The number of aldehydes is 1. The van der Waals surface area contributed by atoms with Crippen molar-refractivity contribution in [3.8, 4) is 0 Å². The summed E-state index contributed by atoms with van der Waals surface area (Å²) in [5.74, 6) is -0.950. The molecule has 0 amide bonds. The van der Waals surface area contributed by atoms with Gasteiger partial charge in [-0.25, -0.2) is 14.5 Å². The van der Waals surface area contributed by atoms with Gasteiger partial charge in [0.25, 0.3) is 0 Å². The average Bonchev–Trinajstić information content (AvgIpc) is 3.48. The third-order valence-corrected chi connectivity index (χ3v) is 6.60. The van der Waals surface area contributed by atoms with E-state index in [-0.39, 0.29) is 23.7 Å². The minimum Gasteiger partial charge on any atom is -0.464 e. The van der Waals surface area contributed by atoms with Crippen LogP contribution in [0.1, 0.15) is 40.9 Å². The molecule has 4 atom stereocenters. The van der Waals surface area contributed by atoms with E-state index in [4.69, 9.17) is 9.72 Å². The molecular weight excluding hydrogens is 406 g/mol. The first kappa shape index (κ1) is 20.6. The monoisotopic (exact) mass is 429 g/mol. The number of aromatic nitrogens is 4. The SMILES string of the molecule is COC(=O)c1cn(C(CN2C[C@H](O)C[C@H]2c2nc3ccccc3s2)[C@H](C)C=O)nn1. The molecule has 0 saturated carbocycles. The molecule has 3 heterocycles. The van der Waals surface area contributed by atoms with Gasteiger partial charge in [-0.15, -0.1) is 16.4 Å². The van der Waals surface area contributed by atoms with E-state index < -0.39 is 12.1 Å². The second kappa shape index (κ2) is 8.58. The minimum atomic E-state index is -0.581. The van der Waals surface area contributed by atoms with E-state index in [1.54, 1.807) is 18.3 Å². The number of benzene rings is 1. The molecule has 158 valence electrons. The number of likely N-dealkylation sites (tertiary alicyclic amines) is 1. The van der Waals surface area contributed by atoms with Crippen LogP contribution in [0.15, 0.2) is 30.5 Å². The van der Waals surface area contributed by atoms with Crippen LogP contribution in [0.25, 0.3) is 10.2 Å². The fourth-order valence-corrected chi connectivity index (χ4v) is 4.94. The van der Waals surface area contributed by atoms with Gasteiger partial charge in [-0.2, -0.15) is 0 Å². The van der Waals surface area contributed by atoms with E-state index in [9.17, 15) is 14.7 Å². The van der Waals surface area contributed by atoms with Gasteiger partial charge in [0.05, 0.1) is 41.7 Å². The summed E-state index contributed by atoms with van der Waals surface area (Å²) in [7, 11) is 1.28. The van der Waals surface area contributed by atoms with Crippen LogP contribution in [0.5, 0.6) is 0 Å². The first-order chi connectivity index (χ1) is 14.5. The van der Waals surface area contributed by atoms with Crippen LogP contribution in [0.4, 0.5) is 0 Å². The van der Waals surface area contributed by atoms with Crippen molar-refractivity contribution in [2.75, 3.05) is 20.2 Å². The highest BCUT2D eigenvalue weighted by molar-refractivity contribution is 7.18. The van der Waals surface area contributed by atoms with Gasteiger partial charge >= 0.3 is 5.97 Å². The maximum atomic E-state index is 11.7. The molecule has 9 nitrogen and oxygen atoms in total. The molecule has 1 fully saturated rings. The fraction of sp³-hybridized carbons (Fsp3) is 0.450. The molecule has 30 heavy (non-hydrogen) atoms. The maximum absolute atomic E-state index is 11.7. The highest BCUT2D eigenvalue weighted by Crippen LogP contribution is 2.37. The van der Waals surface area contributed by atoms with Gasteiger partial charge in [0.2, 0.25) is 0 Å². The van der Waals surface area contributed by atoms with E-state index in [2.05, 4.69) is 15.2 Å². The second-order valence-corrected chi connectivity index (χ2v) is 8.58. The lowest BCUT2D eigenvalue weighted by molar-refractivity contribution is -0.112. The number of methoxy groups -OCH3 is 1. The van der Waals surface area contributed by atoms with Gasteiger partial charge in [0.1, 0.15) is 11.3 Å². The molecule has 2 aromatic heterocycles. The van der Waals surface area contributed by atoms with E-state index in [0.717, 1.165) is 21.5 Å². The summed E-state index contributed by atoms with van der Waals surface area (Å²) in [5.41, 5.74) is 1.03. The Kier molecular flexibility index (Phi) is 5.89. The van der Waals surface area contributed by atoms with Crippen LogP contribution in [-0.2, 0) is 9.53 Å². The molecule has 0 aliphatic carbocycles. The Morgan fingerprint density at radius 1 is 1.43 bits per heavy atom. The standard InChI is InChI=1S/C20H23N5O4S/c1-12(11-26)17(25-9-15(22-23-25)20(28)29-2)10-24-8-13(27)7-16(24)19-21-14-5-3-4-6-18(14)30-19/h3-6,9,11-13,16-17,27H,7-8,10H2,1-2H3/t12-,13-,16+,17?/m1/s1. The van der Waals surface area contributed by atoms with Crippen molar-refractivity contribution in [1.82, 2.24) is 24.9 Å². The first-order valence-electron chi connectivity index (χ1n) is 9.73. The molecule has 10 heteroatoms. The number of aliphatic hydroxyl groups is 1. The van der Waals surface area contributed by atoms with Crippen LogP contribution in [0.3, 0.4) is 0 Å². The van der Waals surface area contributed by atoms with E-state index in [0.29, 0.717) is 19.5 Å². The Balaban J connectivity index is 1.61. The number of thiazole rings is 1. The summed E-state index contributed by atoms with van der Waals surface area (Å²) < 4.78 is 7.33. The Hall–Kier alpha value is -2.69. The van der Waals surface area contributed by atoms with E-state index in [1.807, 2.05) is 24.3 Å². The van der Waals surface area contributed by atoms with Gasteiger partial charge in [-0.3, -0.25) is 4.90 Å². The third-order valence-electron chi connectivity index (χ3n) is 5.46. The molecule has 0 radical (unpaired) electrons. The smallest absolute Gasteiger partial charge is 0.360 e. The predicted octanol–water partition coefficient (Wildman–Crippen LogP) is 1.86. The zero-order valence-electron chi connectivity index (χ0n) is 16.7. The van der Waals surface area contributed by atoms with Crippen molar-refractivity contribution in [3.63, 3.8) is 0 Å². The van der Waals surface area contributed by atoms with Crippen molar-refractivity contribution >= 4 is 33.8 Å². The van der Waals surface area contributed by atoms with Crippen molar-refractivity contribution in [2.45, 2.75) is 31.5 Å². The fourth-order valence-electron chi connectivity index (χ4n) is 3.83. The molecule has 4 rings (SSSR count). The molecule has 1 unspecified atom stereocenters. The molecule has 1 aliphatic rings. The van der Waals surface area contributed by atoms with Gasteiger partial charge in [0, 0.05) is 19.0 Å². The normalized spacial score (nSPS) is 21.6. The second-order valence-electron chi connectivity index (χ2n) is 7.52. The number of carbonyl (C=O) groups excluding carboxylic acids is 2. The number of hydrogen-bond donors (Lipinski definition) is 1. The lowest BCUT2D eigenvalue weighted by atomic mass is 10.0. The lowest BCUT2D eigenvalue weighted by Crippen LogP contribution is -2.35. The molecule has 1 saturated heterocycles. The number of nitrogens with zero attached hydrogens (tertiary/aromatic N) is 5. The van der Waals surface area contributed by atoms with E-state index >= 15 is 0 Å². The Bertz CT molecular complexity index is 1020. The first-order valence-corrected chi connectivity index (χ1v) is 10.5. The van der Waals surface area contributed by atoms with Crippen molar-refractivity contribution < 1.29 is 19.4 Å². The molecule has 0 bridgehead atoms. The number of β-amino-alcohol motifs (C(OH)–C–C–N with tert-alkyl or cyclic N) is 1. The largest absolute Gasteiger partial charge is 0.464 e. The maximum Gasteiger partial charge on any atom is 0.360 e. The zero-order chi connectivity index (χ0) is 21.3. The van der Waals surface area contributed by atoms with Crippen LogP contribution >= 0.6 is 11.3 Å². The highest BCUT2D eigenvalue weighted by Gasteiger charge is 2.37. The number of para-hydroxylation sites is 1. The number of carbonyl (C=O) groups is 2. The lowest BCUT2D eigenvalue weighted by Gasteiger charge is -2.29. The van der Waals surface area contributed by atoms with Gasteiger partial charge in [0.15, 0.2) is 5.69 Å². The molecule has 0 spiro atoms. The quantitative estimate of drug-likeness (QED) is 0.448. The molecule has 1 aromatic carbocycles. The third kappa shape index (κ3) is 3.98. The van der Waals surface area contributed by atoms with Gasteiger partial charge < -0.3 is 14.6 Å². The van der Waals surface area contributed by atoms with Crippen LogP contribution in [-0.4, -0.2) is 68.5 Å². The summed E-state index contributed by atoms with van der Waals surface area (Å²) in [6.07, 6.45) is 2.46. The molecular formula is C20H23N5O4S. The van der Waals surface area contributed by atoms with Crippen molar-refractivity contribution in [1.29, 1.82) is 0 Å². The van der Waals surface area contributed by atoms with Crippen LogP contribution < -0.4 is 0 Å². The van der Waals surface area contributed by atoms with Gasteiger partial charge in [-0.05, 0) is 18.6 Å². The summed E-state index contributed by atoms with van der Waals surface area (Å²) in [4.78, 5) is 30.2. The van der Waals surface area contributed by atoms with Crippen molar-refractivity contribution in [2.24, 2.45) is 5.92 Å². The number of fused-ring (bicyclic) bond motifs is 1. The van der Waals surface area contributed by atoms with E-state index in [1.165, 1.54) is 18.0 Å². The average molecular weight is 430 g/mol. The van der Waals surface area contributed by atoms with Crippen LogP contribution in [0, 0.1) is 5.92 Å². The summed E-state index contributed by atoms with van der Waals surface area (Å²) >= 11 is 1.62. The van der Waals surface area contributed by atoms with Gasteiger partial charge in [-0.1, -0.05) is 24.3 Å². The molecule has 1 N–H and O–H groups in total. The van der Waals surface area contributed by atoms with Crippen molar-refractivity contribution in [3.05, 3.63) is 41.2 Å². The topological polar surface area (TPSA) is 110 Å². The summed E-state index contributed by atoms with van der Waals surface area (Å²) in [5, 5.41) is 19.2. The zero-order valence-corrected chi connectivity index (χ0v) is 17.5. The Morgan fingerprint density at radius 3 is 2.97 bits per heavy atom. The number of ether oxygens (including phenoxy) is 1. The number of hydrogen-bond acceptors (Lipinski definition) is 9. The molecule has 1 aliphatic heterocycles. The molecule has 3 aromatic rings. The highest BCUT2D eigenvalue weighted by atomic mass is 32.1. The Labute approximate surface area is 177 Å². The predicted molar refractivity (Wildman–Crippen MR) is 110 cm³/mol. The summed E-state index contributed by atoms with van der Waals surface area (Å²) in [6.45, 7) is 2.74. The minimum absolute atomic E-state index is 0.0534.